The number of allylic oxidation sites excluding steroid dienone is 6. The van der Waals surface area contributed by atoms with Crippen molar-refractivity contribution in [3.8, 4) is 5.75 Å². The lowest BCUT2D eigenvalue weighted by Gasteiger charge is -2.33. The number of ether oxygens (including phenoxy) is 1. The van der Waals surface area contributed by atoms with E-state index in [9.17, 15) is 4.57 Å². The molecule has 0 atom stereocenters. The van der Waals surface area contributed by atoms with E-state index in [1.807, 2.05) is 39.2 Å². The quantitative estimate of drug-likeness (QED) is 0.540. The smallest absolute Gasteiger partial charge is 0.361 e. The Balaban J connectivity index is 2.01. The average molecular weight is 398 g/mol. The molecule has 6 heteroatoms. The molecule has 0 fully saturated rings. The van der Waals surface area contributed by atoms with Gasteiger partial charge in [-0.3, -0.25) is 4.57 Å². The number of hydrogen-bond acceptors (Lipinski definition) is 4. The fourth-order valence-electron chi connectivity index (χ4n) is 3.92. The Morgan fingerprint density at radius 3 is 2.54 bits per heavy atom. The van der Waals surface area contributed by atoms with E-state index in [4.69, 9.17) is 13.8 Å². The van der Waals surface area contributed by atoms with E-state index in [0.717, 1.165) is 46.6 Å². The molecule has 3 aliphatic rings. The van der Waals surface area contributed by atoms with Crippen LogP contribution in [0.2, 0.25) is 0 Å². The van der Waals surface area contributed by atoms with Crippen LogP contribution in [0.4, 0.5) is 0 Å². The van der Waals surface area contributed by atoms with Crippen molar-refractivity contribution >= 4 is 18.6 Å². The Kier molecular flexibility index (Phi) is 4.78. The minimum atomic E-state index is -3.46. The molecule has 146 valence electrons. The number of rotatable bonds is 3. The molecule has 0 amide bonds. The largest absolute Gasteiger partial charge is 0.456 e. The number of benzene rings is 1. The SMILES string of the molecule is COP(=O)(OC)C1=C2CCC3=CC(=[N+](C)C)C=CC3=C2Oc2cc(C)ccc21. The van der Waals surface area contributed by atoms with E-state index in [-0.39, 0.29) is 0 Å². The molecule has 1 heterocycles. The fraction of sp³-hybridized carbons (Fsp3) is 0.318. The van der Waals surface area contributed by atoms with Crippen molar-refractivity contribution < 1.29 is 22.9 Å². The summed E-state index contributed by atoms with van der Waals surface area (Å²) in [5, 5.41) is 0.621. The number of aryl methyl sites for hydroxylation is 1. The predicted molar refractivity (Wildman–Crippen MR) is 111 cm³/mol. The van der Waals surface area contributed by atoms with Crippen LogP contribution in [0.15, 0.2) is 58.9 Å². The van der Waals surface area contributed by atoms with Gasteiger partial charge in [0.15, 0.2) is 5.71 Å². The van der Waals surface area contributed by atoms with E-state index < -0.39 is 7.60 Å². The van der Waals surface area contributed by atoms with Crippen LogP contribution in [0, 0.1) is 6.92 Å². The van der Waals surface area contributed by atoms with Crippen LogP contribution in [0.25, 0.3) is 5.31 Å². The van der Waals surface area contributed by atoms with Gasteiger partial charge in [0, 0.05) is 43.1 Å². The summed E-state index contributed by atoms with van der Waals surface area (Å²) in [7, 11) is 3.47. The van der Waals surface area contributed by atoms with Gasteiger partial charge < -0.3 is 13.8 Å². The van der Waals surface area contributed by atoms with Gasteiger partial charge in [0.05, 0.1) is 5.31 Å². The molecular formula is C22H25NO4P+. The third-order valence-corrected chi connectivity index (χ3v) is 7.43. The molecule has 0 N–H and O–H groups in total. The van der Waals surface area contributed by atoms with Gasteiger partial charge in [0.2, 0.25) is 0 Å². The standard InChI is InChI=1S/C22H25NO4P/c1-14-6-9-18-20(12-14)27-21-17-11-8-16(23(2)3)13-15(17)7-10-19(21)22(18)28(24,25-4)26-5/h6,8-9,11-13H,7,10H2,1-5H3/q+1. The zero-order chi connectivity index (χ0) is 20.1. The monoisotopic (exact) mass is 398 g/mol. The summed E-state index contributed by atoms with van der Waals surface area (Å²) in [4.78, 5) is 0. The van der Waals surface area contributed by atoms with Gasteiger partial charge in [0.1, 0.15) is 25.6 Å². The van der Waals surface area contributed by atoms with E-state index in [0.29, 0.717) is 11.1 Å². The molecule has 0 bridgehead atoms. The second-order valence-corrected chi connectivity index (χ2v) is 9.53. The first-order valence-electron chi connectivity index (χ1n) is 9.30. The van der Waals surface area contributed by atoms with Crippen molar-refractivity contribution in [2.24, 2.45) is 0 Å². The van der Waals surface area contributed by atoms with Crippen molar-refractivity contribution in [2.75, 3.05) is 28.3 Å². The van der Waals surface area contributed by atoms with Crippen LogP contribution in [-0.4, -0.2) is 38.6 Å². The zero-order valence-corrected chi connectivity index (χ0v) is 17.8. The molecule has 1 aromatic rings. The van der Waals surface area contributed by atoms with Crippen LogP contribution in [0.1, 0.15) is 24.0 Å². The Morgan fingerprint density at radius 1 is 1.11 bits per heavy atom. The highest BCUT2D eigenvalue weighted by molar-refractivity contribution is 7.65. The molecule has 0 radical (unpaired) electrons. The van der Waals surface area contributed by atoms with Crippen molar-refractivity contribution in [3.63, 3.8) is 0 Å². The first-order chi connectivity index (χ1) is 13.4. The highest BCUT2D eigenvalue weighted by atomic mass is 31.2. The highest BCUT2D eigenvalue weighted by Crippen LogP contribution is 2.65. The second kappa shape index (κ2) is 7.00. The molecule has 0 aromatic heterocycles. The minimum Gasteiger partial charge on any atom is -0.456 e. The van der Waals surface area contributed by atoms with Gasteiger partial charge in [-0.1, -0.05) is 12.1 Å². The zero-order valence-electron chi connectivity index (χ0n) is 16.9. The van der Waals surface area contributed by atoms with E-state index in [1.165, 1.54) is 19.8 Å². The van der Waals surface area contributed by atoms with Gasteiger partial charge in [-0.15, -0.1) is 0 Å². The molecule has 1 aliphatic heterocycles. The molecule has 1 aromatic carbocycles. The van der Waals surface area contributed by atoms with Gasteiger partial charge in [-0.25, -0.2) is 4.58 Å². The second-order valence-electron chi connectivity index (χ2n) is 7.36. The third kappa shape index (κ3) is 2.95. The summed E-state index contributed by atoms with van der Waals surface area (Å²) in [6.45, 7) is 2.01. The Bertz CT molecular complexity index is 1060. The van der Waals surface area contributed by atoms with Gasteiger partial charge in [-0.2, -0.15) is 0 Å². The van der Waals surface area contributed by atoms with Gasteiger partial charge in [0.25, 0.3) is 0 Å². The lowest BCUT2D eigenvalue weighted by Crippen LogP contribution is -2.20. The number of nitrogens with zero attached hydrogens (tertiary/aromatic N) is 1. The molecule has 5 nitrogen and oxygen atoms in total. The maximum absolute atomic E-state index is 13.5. The van der Waals surface area contributed by atoms with Crippen molar-refractivity contribution in [2.45, 2.75) is 19.8 Å². The van der Waals surface area contributed by atoms with Crippen LogP contribution in [0.5, 0.6) is 5.75 Å². The fourth-order valence-corrected chi connectivity index (χ4v) is 5.45. The summed E-state index contributed by atoms with van der Waals surface area (Å²) < 4.78 is 32.7. The molecule has 0 unspecified atom stereocenters. The van der Waals surface area contributed by atoms with E-state index in [2.05, 4.69) is 22.8 Å². The first kappa shape index (κ1) is 19.1. The molecule has 2 aliphatic carbocycles. The first-order valence-corrected chi connectivity index (χ1v) is 10.8. The minimum absolute atomic E-state index is 0.621. The predicted octanol–water partition coefficient (Wildman–Crippen LogP) is 4.84. The molecule has 28 heavy (non-hydrogen) atoms. The third-order valence-electron chi connectivity index (χ3n) is 5.41. The summed E-state index contributed by atoms with van der Waals surface area (Å²) >= 11 is 0. The summed E-state index contributed by atoms with van der Waals surface area (Å²) in [6.07, 6.45) is 7.92. The van der Waals surface area contributed by atoms with E-state index >= 15 is 0 Å². The molecule has 0 saturated heterocycles. The number of hydrogen-bond donors (Lipinski definition) is 0. The van der Waals surface area contributed by atoms with Crippen LogP contribution < -0.4 is 4.74 Å². The molecule has 4 rings (SSSR count). The molecule has 0 spiro atoms. The Labute approximate surface area is 165 Å². The summed E-state index contributed by atoms with van der Waals surface area (Å²) in [6, 6.07) is 5.90. The van der Waals surface area contributed by atoms with Crippen molar-refractivity contribution in [1.82, 2.24) is 0 Å². The Hall–Kier alpha value is -2.20. The topological polar surface area (TPSA) is 47.8 Å². The normalized spacial score (nSPS) is 18.3. The van der Waals surface area contributed by atoms with Crippen molar-refractivity contribution in [1.29, 1.82) is 0 Å². The Morgan fingerprint density at radius 2 is 1.86 bits per heavy atom. The van der Waals surface area contributed by atoms with E-state index in [1.54, 1.807) is 0 Å². The van der Waals surface area contributed by atoms with Crippen LogP contribution >= 0.6 is 7.60 Å². The average Bonchev–Trinajstić information content (AvgIpc) is 2.70. The lowest BCUT2D eigenvalue weighted by molar-refractivity contribution is -0.462. The van der Waals surface area contributed by atoms with Gasteiger partial charge in [-0.05, 0) is 43.0 Å². The lowest BCUT2D eigenvalue weighted by atomic mass is 9.83. The summed E-state index contributed by atoms with van der Waals surface area (Å²) in [5.41, 5.74) is 6.18. The van der Waals surface area contributed by atoms with Crippen molar-refractivity contribution in [3.05, 3.63) is 70.0 Å². The van der Waals surface area contributed by atoms with Crippen LogP contribution in [0.3, 0.4) is 0 Å². The summed E-state index contributed by atoms with van der Waals surface area (Å²) in [5.74, 6) is 1.45. The maximum Gasteiger partial charge on any atom is 0.361 e. The molecular weight excluding hydrogens is 373 g/mol. The van der Waals surface area contributed by atoms with Crippen LogP contribution in [-0.2, 0) is 13.6 Å². The maximum atomic E-state index is 13.5. The van der Waals surface area contributed by atoms with Gasteiger partial charge >= 0.3 is 7.60 Å². The highest BCUT2D eigenvalue weighted by Gasteiger charge is 2.41. The molecule has 0 saturated carbocycles. The number of fused-ring (bicyclic) bond motifs is 3.